The Kier molecular flexibility index (Phi) is 8.26. The predicted molar refractivity (Wildman–Crippen MR) is 79.6 cm³/mol. The monoisotopic (exact) mass is 265 g/mol. The highest BCUT2D eigenvalue weighted by Crippen LogP contribution is 2.17. The lowest BCUT2D eigenvalue weighted by atomic mass is 10.1. The van der Waals surface area contributed by atoms with Crippen molar-refractivity contribution in [3.8, 4) is 5.75 Å². The summed E-state index contributed by atoms with van der Waals surface area (Å²) >= 11 is 0. The third kappa shape index (κ3) is 7.19. The van der Waals surface area contributed by atoms with E-state index in [0.717, 1.165) is 38.5 Å². The van der Waals surface area contributed by atoms with Gasteiger partial charge in [0.1, 0.15) is 5.75 Å². The minimum atomic E-state index is 0.704. The van der Waals surface area contributed by atoms with Crippen molar-refractivity contribution in [2.45, 2.75) is 33.7 Å². The van der Waals surface area contributed by atoms with Crippen LogP contribution in [0.3, 0.4) is 0 Å². The molecular formula is C16H27NO2. The zero-order valence-electron chi connectivity index (χ0n) is 12.4. The highest BCUT2D eigenvalue weighted by molar-refractivity contribution is 5.33. The highest BCUT2D eigenvalue weighted by atomic mass is 16.5. The van der Waals surface area contributed by atoms with Crippen LogP contribution in [0.2, 0.25) is 0 Å². The zero-order chi connectivity index (χ0) is 13.9. The van der Waals surface area contributed by atoms with Gasteiger partial charge in [0.2, 0.25) is 0 Å². The number of rotatable bonds is 10. The Hall–Kier alpha value is -1.06. The molecule has 3 heteroatoms. The largest absolute Gasteiger partial charge is 0.494 e. The first kappa shape index (κ1) is 16.0. The molecule has 1 N–H and O–H groups in total. The first-order chi connectivity index (χ1) is 9.24. The molecule has 1 rings (SSSR count). The average Bonchev–Trinajstić information content (AvgIpc) is 2.39. The van der Waals surface area contributed by atoms with Crippen molar-refractivity contribution in [2.75, 3.05) is 26.4 Å². The second-order valence-corrected chi connectivity index (χ2v) is 5.01. The summed E-state index contributed by atoms with van der Waals surface area (Å²) in [6.45, 7) is 10.5. The van der Waals surface area contributed by atoms with Crippen molar-refractivity contribution in [3.05, 3.63) is 29.8 Å². The normalized spacial score (nSPS) is 10.9. The minimum Gasteiger partial charge on any atom is -0.494 e. The molecule has 3 nitrogen and oxygen atoms in total. The van der Waals surface area contributed by atoms with E-state index in [9.17, 15) is 0 Å². The van der Waals surface area contributed by atoms with E-state index >= 15 is 0 Å². The predicted octanol–water partition coefficient (Wildman–Crippen LogP) is 3.24. The second kappa shape index (κ2) is 9.82. The van der Waals surface area contributed by atoms with Crippen molar-refractivity contribution in [1.29, 1.82) is 0 Å². The van der Waals surface area contributed by atoms with Crippen LogP contribution < -0.4 is 10.1 Å². The van der Waals surface area contributed by atoms with Crippen LogP contribution in [0.1, 0.15) is 32.8 Å². The van der Waals surface area contributed by atoms with Crippen LogP contribution in [0, 0.1) is 5.92 Å². The fourth-order valence-corrected chi connectivity index (χ4v) is 1.73. The van der Waals surface area contributed by atoms with Gasteiger partial charge in [-0.2, -0.15) is 0 Å². The summed E-state index contributed by atoms with van der Waals surface area (Å²) in [6, 6.07) is 8.15. The van der Waals surface area contributed by atoms with E-state index in [4.69, 9.17) is 9.47 Å². The molecule has 1 aromatic carbocycles. The molecule has 0 aromatic heterocycles. The fraction of sp³-hybridized carbons (Fsp3) is 0.625. The number of benzene rings is 1. The van der Waals surface area contributed by atoms with Crippen molar-refractivity contribution in [1.82, 2.24) is 5.32 Å². The Labute approximate surface area is 117 Å². The van der Waals surface area contributed by atoms with Gasteiger partial charge in [-0.25, -0.2) is 0 Å². The van der Waals surface area contributed by atoms with Gasteiger partial charge in [0.25, 0.3) is 0 Å². The summed E-state index contributed by atoms with van der Waals surface area (Å²) in [5.41, 5.74) is 1.20. The Morgan fingerprint density at radius 3 is 2.68 bits per heavy atom. The van der Waals surface area contributed by atoms with E-state index in [-0.39, 0.29) is 0 Å². The van der Waals surface area contributed by atoms with E-state index in [1.807, 2.05) is 25.1 Å². The van der Waals surface area contributed by atoms with Gasteiger partial charge in [0, 0.05) is 25.3 Å². The number of para-hydroxylation sites is 1. The van der Waals surface area contributed by atoms with Gasteiger partial charge >= 0.3 is 0 Å². The SMILES string of the molecule is CCOc1ccccc1CNCCOCCC(C)C. The van der Waals surface area contributed by atoms with Gasteiger partial charge in [-0.1, -0.05) is 32.0 Å². The van der Waals surface area contributed by atoms with E-state index < -0.39 is 0 Å². The summed E-state index contributed by atoms with van der Waals surface area (Å²) in [5, 5.41) is 3.38. The van der Waals surface area contributed by atoms with Crippen LogP contribution in [0.15, 0.2) is 24.3 Å². The summed E-state index contributed by atoms with van der Waals surface area (Å²) < 4.78 is 11.2. The summed E-state index contributed by atoms with van der Waals surface area (Å²) in [5.74, 6) is 1.68. The van der Waals surface area contributed by atoms with Crippen molar-refractivity contribution >= 4 is 0 Å². The van der Waals surface area contributed by atoms with Gasteiger partial charge in [-0.05, 0) is 25.3 Å². The molecule has 0 heterocycles. The van der Waals surface area contributed by atoms with Crippen LogP contribution in [0.4, 0.5) is 0 Å². The number of hydrogen-bond donors (Lipinski definition) is 1. The fourth-order valence-electron chi connectivity index (χ4n) is 1.73. The van der Waals surface area contributed by atoms with E-state index in [2.05, 4.69) is 25.2 Å². The average molecular weight is 265 g/mol. The lowest BCUT2D eigenvalue weighted by molar-refractivity contribution is 0.125. The van der Waals surface area contributed by atoms with Gasteiger partial charge in [0.15, 0.2) is 0 Å². The molecule has 19 heavy (non-hydrogen) atoms. The lowest BCUT2D eigenvalue weighted by Gasteiger charge is -2.11. The molecule has 0 spiro atoms. The van der Waals surface area contributed by atoms with Crippen LogP contribution >= 0.6 is 0 Å². The molecule has 0 amide bonds. The lowest BCUT2D eigenvalue weighted by Crippen LogP contribution is -2.20. The summed E-state index contributed by atoms with van der Waals surface area (Å²) in [6.07, 6.45) is 1.13. The Bertz CT molecular complexity index is 339. The van der Waals surface area contributed by atoms with Crippen LogP contribution in [0.5, 0.6) is 5.75 Å². The molecule has 108 valence electrons. The number of nitrogens with one attached hydrogen (secondary N) is 1. The molecule has 0 radical (unpaired) electrons. The molecule has 0 fully saturated rings. The molecule has 0 atom stereocenters. The third-order valence-electron chi connectivity index (χ3n) is 2.85. The molecule has 0 aliphatic rings. The molecule has 0 aliphatic heterocycles. The van der Waals surface area contributed by atoms with E-state index in [1.54, 1.807) is 0 Å². The maximum atomic E-state index is 5.59. The molecular weight excluding hydrogens is 238 g/mol. The first-order valence-corrected chi connectivity index (χ1v) is 7.23. The van der Waals surface area contributed by atoms with Crippen LogP contribution in [-0.2, 0) is 11.3 Å². The van der Waals surface area contributed by atoms with Crippen LogP contribution in [-0.4, -0.2) is 26.4 Å². The molecule has 0 saturated heterocycles. The maximum Gasteiger partial charge on any atom is 0.123 e. The first-order valence-electron chi connectivity index (χ1n) is 7.23. The van der Waals surface area contributed by atoms with Crippen molar-refractivity contribution < 1.29 is 9.47 Å². The third-order valence-corrected chi connectivity index (χ3v) is 2.85. The number of hydrogen-bond acceptors (Lipinski definition) is 3. The zero-order valence-corrected chi connectivity index (χ0v) is 12.4. The van der Waals surface area contributed by atoms with Crippen molar-refractivity contribution in [3.63, 3.8) is 0 Å². The molecule has 0 unspecified atom stereocenters. The highest BCUT2D eigenvalue weighted by Gasteiger charge is 2.01. The Morgan fingerprint density at radius 2 is 1.95 bits per heavy atom. The molecule has 0 bridgehead atoms. The quantitative estimate of drug-likeness (QED) is 0.659. The van der Waals surface area contributed by atoms with E-state index in [1.165, 1.54) is 5.56 Å². The van der Waals surface area contributed by atoms with Gasteiger partial charge in [0.05, 0.1) is 13.2 Å². The van der Waals surface area contributed by atoms with Crippen LogP contribution in [0.25, 0.3) is 0 Å². The van der Waals surface area contributed by atoms with Gasteiger partial charge < -0.3 is 14.8 Å². The van der Waals surface area contributed by atoms with E-state index in [0.29, 0.717) is 12.5 Å². The van der Waals surface area contributed by atoms with Crippen molar-refractivity contribution in [2.24, 2.45) is 5.92 Å². The molecule has 0 saturated carbocycles. The standard InChI is InChI=1S/C16H27NO2/c1-4-19-16-8-6-5-7-15(16)13-17-10-12-18-11-9-14(2)3/h5-8,14,17H,4,9-13H2,1-3H3. The summed E-state index contributed by atoms with van der Waals surface area (Å²) in [7, 11) is 0. The number of ether oxygens (including phenoxy) is 2. The maximum absolute atomic E-state index is 5.59. The summed E-state index contributed by atoms with van der Waals surface area (Å²) in [4.78, 5) is 0. The Morgan fingerprint density at radius 1 is 1.16 bits per heavy atom. The van der Waals surface area contributed by atoms with Gasteiger partial charge in [-0.15, -0.1) is 0 Å². The smallest absolute Gasteiger partial charge is 0.123 e. The minimum absolute atomic E-state index is 0.704. The Balaban J connectivity index is 2.15. The van der Waals surface area contributed by atoms with Gasteiger partial charge in [-0.3, -0.25) is 0 Å². The molecule has 1 aromatic rings. The second-order valence-electron chi connectivity index (χ2n) is 5.01. The molecule has 0 aliphatic carbocycles. The topological polar surface area (TPSA) is 30.5 Å².